The highest BCUT2D eigenvalue weighted by atomic mass is 79.9. The van der Waals surface area contributed by atoms with Gasteiger partial charge in [-0.3, -0.25) is 0 Å². The number of halogens is 3. The highest BCUT2D eigenvalue weighted by Crippen LogP contribution is 2.22. The van der Waals surface area contributed by atoms with Gasteiger partial charge in [0.05, 0.1) is 4.47 Å². The Bertz CT molecular complexity index is 420. The Morgan fingerprint density at radius 3 is 2.89 bits per heavy atom. The third-order valence-electron chi connectivity index (χ3n) is 3.26. The minimum atomic E-state index is -0.499. The van der Waals surface area contributed by atoms with E-state index in [4.69, 9.17) is 0 Å². The number of hydrogen-bond donors (Lipinski definition) is 1. The van der Waals surface area contributed by atoms with E-state index in [-0.39, 0.29) is 12.1 Å². The van der Waals surface area contributed by atoms with Crippen molar-refractivity contribution in [1.82, 2.24) is 10.2 Å². The van der Waals surface area contributed by atoms with Gasteiger partial charge in [0.1, 0.15) is 11.6 Å². The standard InChI is InChI=1S/C13H17BrF2N2/c1-18(7-9-3-2-6-17-9)8-10-12(15)5-4-11(14)13(10)16/h4-5,9,17H,2-3,6-8H2,1H3. The molecule has 0 bridgehead atoms. The van der Waals surface area contributed by atoms with Gasteiger partial charge >= 0.3 is 0 Å². The maximum Gasteiger partial charge on any atom is 0.144 e. The van der Waals surface area contributed by atoms with Crippen molar-refractivity contribution < 1.29 is 8.78 Å². The molecule has 1 atom stereocenters. The van der Waals surface area contributed by atoms with Gasteiger partial charge in [-0.2, -0.15) is 0 Å². The van der Waals surface area contributed by atoms with Gasteiger partial charge in [0.25, 0.3) is 0 Å². The van der Waals surface area contributed by atoms with Crippen LogP contribution in [0, 0.1) is 11.6 Å². The van der Waals surface area contributed by atoms with E-state index in [1.165, 1.54) is 18.6 Å². The van der Waals surface area contributed by atoms with Crippen LogP contribution < -0.4 is 5.32 Å². The molecule has 0 saturated carbocycles. The first-order valence-corrected chi connectivity index (χ1v) is 6.91. The Morgan fingerprint density at radius 2 is 2.22 bits per heavy atom. The summed E-state index contributed by atoms with van der Waals surface area (Å²) in [4.78, 5) is 1.96. The Morgan fingerprint density at radius 1 is 1.44 bits per heavy atom. The Hall–Kier alpha value is -0.520. The van der Waals surface area contributed by atoms with Crippen LogP contribution in [0.4, 0.5) is 8.78 Å². The van der Waals surface area contributed by atoms with Gasteiger partial charge in [-0.15, -0.1) is 0 Å². The number of hydrogen-bond acceptors (Lipinski definition) is 2. The van der Waals surface area contributed by atoms with Crippen molar-refractivity contribution >= 4 is 15.9 Å². The van der Waals surface area contributed by atoms with Gasteiger partial charge in [0, 0.05) is 24.7 Å². The molecule has 2 rings (SSSR count). The normalized spacial score (nSPS) is 19.7. The average molecular weight is 319 g/mol. The second kappa shape index (κ2) is 6.08. The van der Waals surface area contributed by atoms with Crippen LogP contribution in [0.3, 0.4) is 0 Å². The molecular formula is C13H17BrF2N2. The zero-order chi connectivity index (χ0) is 13.1. The Kier molecular flexibility index (Phi) is 4.70. The minimum Gasteiger partial charge on any atom is -0.313 e. The van der Waals surface area contributed by atoms with Crippen LogP contribution in [0.1, 0.15) is 18.4 Å². The molecule has 1 saturated heterocycles. The second-order valence-electron chi connectivity index (χ2n) is 4.81. The van der Waals surface area contributed by atoms with Gasteiger partial charge in [-0.1, -0.05) is 0 Å². The molecule has 100 valence electrons. The lowest BCUT2D eigenvalue weighted by Gasteiger charge is -2.21. The number of benzene rings is 1. The Labute approximate surface area is 114 Å². The van der Waals surface area contributed by atoms with E-state index in [1.807, 2.05) is 11.9 Å². The maximum absolute atomic E-state index is 13.8. The summed E-state index contributed by atoms with van der Waals surface area (Å²) in [6, 6.07) is 3.13. The molecule has 0 spiro atoms. The average Bonchev–Trinajstić information content (AvgIpc) is 2.82. The fourth-order valence-electron chi connectivity index (χ4n) is 2.34. The molecule has 1 aliphatic heterocycles. The zero-order valence-corrected chi connectivity index (χ0v) is 11.9. The lowest BCUT2D eigenvalue weighted by atomic mass is 10.1. The Balaban J connectivity index is 2.01. The monoisotopic (exact) mass is 318 g/mol. The van der Waals surface area contributed by atoms with Crippen LogP contribution in [-0.2, 0) is 6.54 Å². The lowest BCUT2D eigenvalue weighted by molar-refractivity contribution is 0.284. The topological polar surface area (TPSA) is 15.3 Å². The first-order valence-electron chi connectivity index (χ1n) is 6.12. The van der Waals surface area contributed by atoms with Crippen molar-refractivity contribution in [3.63, 3.8) is 0 Å². The van der Waals surface area contributed by atoms with Crippen molar-refractivity contribution in [2.45, 2.75) is 25.4 Å². The fourth-order valence-corrected chi connectivity index (χ4v) is 2.71. The summed E-state index contributed by atoms with van der Waals surface area (Å²) in [6.45, 7) is 2.14. The van der Waals surface area contributed by atoms with Crippen LogP contribution in [-0.4, -0.2) is 31.1 Å². The smallest absolute Gasteiger partial charge is 0.144 e. The van der Waals surface area contributed by atoms with E-state index in [0.717, 1.165) is 19.5 Å². The van der Waals surface area contributed by atoms with Crippen molar-refractivity contribution in [3.8, 4) is 0 Å². The lowest BCUT2D eigenvalue weighted by Crippen LogP contribution is -2.35. The van der Waals surface area contributed by atoms with Crippen molar-refractivity contribution in [3.05, 3.63) is 33.8 Å². The van der Waals surface area contributed by atoms with E-state index in [0.29, 0.717) is 10.5 Å². The molecule has 0 radical (unpaired) electrons. The van der Waals surface area contributed by atoms with Gasteiger partial charge in [-0.05, 0) is 54.5 Å². The van der Waals surface area contributed by atoms with E-state index in [2.05, 4.69) is 21.2 Å². The highest BCUT2D eigenvalue weighted by molar-refractivity contribution is 9.10. The van der Waals surface area contributed by atoms with E-state index in [1.54, 1.807) is 0 Å². The van der Waals surface area contributed by atoms with Crippen LogP contribution in [0.25, 0.3) is 0 Å². The third kappa shape index (κ3) is 3.28. The predicted molar refractivity (Wildman–Crippen MR) is 71.4 cm³/mol. The SMILES string of the molecule is CN(Cc1c(F)ccc(Br)c1F)CC1CCCN1. The van der Waals surface area contributed by atoms with Gasteiger partial charge in [0.2, 0.25) is 0 Å². The largest absolute Gasteiger partial charge is 0.313 e. The van der Waals surface area contributed by atoms with Gasteiger partial charge < -0.3 is 10.2 Å². The summed E-state index contributed by atoms with van der Waals surface area (Å²) in [5, 5.41) is 3.38. The number of nitrogens with zero attached hydrogens (tertiary/aromatic N) is 1. The van der Waals surface area contributed by atoms with E-state index < -0.39 is 11.6 Å². The molecule has 0 aromatic heterocycles. The van der Waals surface area contributed by atoms with Crippen LogP contribution in [0.15, 0.2) is 16.6 Å². The summed E-state index contributed by atoms with van der Waals surface area (Å²) in [6.07, 6.45) is 2.31. The number of likely N-dealkylation sites (N-methyl/N-ethyl adjacent to an activating group) is 1. The maximum atomic E-state index is 13.8. The molecule has 1 aromatic rings. The zero-order valence-electron chi connectivity index (χ0n) is 10.3. The molecule has 2 nitrogen and oxygen atoms in total. The van der Waals surface area contributed by atoms with Gasteiger partial charge in [0.15, 0.2) is 0 Å². The molecule has 0 aliphatic carbocycles. The molecule has 5 heteroatoms. The summed E-state index contributed by atoms with van der Waals surface area (Å²) < 4.78 is 27.7. The van der Waals surface area contributed by atoms with Crippen LogP contribution in [0.2, 0.25) is 0 Å². The summed E-state index contributed by atoms with van der Waals surface area (Å²) in [7, 11) is 1.89. The predicted octanol–water partition coefficient (Wildman–Crippen LogP) is 2.91. The minimum absolute atomic E-state index is 0.130. The molecule has 18 heavy (non-hydrogen) atoms. The third-order valence-corrected chi connectivity index (χ3v) is 3.87. The summed E-state index contributed by atoms with van der Waals surface area (Å²) in [5.74, 6) is -0.983. The number of nitrogens with one attached hydrogen (secondary N) is 1. The molecule has 1 unspecified atom stereocenters. The van der Waals surface area contributed by atoms with Gasteiger partial charge in [-0.25, -0.2) is 8.78 Å². The van der Waals surface area contributed by atoms with E-state index in [9.17, 15) is 8.78 Å². The molecule has 1 N–H and O–H groups in total. The van der Waals surface area contributed by atoms with Crippen molar-refractivity contribution in [1.29, 1.82) is 0 Å². The number of rotatable bonds is 4. The second-order valence-corrected chi connectivity index (χ2v) is 5.67. The molecule has 1 heterocycles. The first-order chi connectivity index (χ1) is 8.58. The molecular weight excluding hydrogens is 302 g/mol. The van der Waals surface area contributed by atoms with Crippen LogP contribution >= 0.6 is 15.9 Å². The molecule has 1 aromatic carbocycles. The quantitative estimate of drug-likeness (QED) is 0.859. The summed E-state index contributed by atoms with van der Waals surface area (Å²) in [5.41, 5.74) is 0.130. The highest BCUT2D eigenvalue weighted by Gasteiger charge is 2.18. The van der Waals surface area contributed by atoms with E-state index >= 15 is 0 Å². The van der Waals surface area contributed by atoms with Crippen LogP contribution in [0.5, 0.6) is 0 Å². The summed E-state index contributed by atoms with van der Waals surface area (Å²) >= 11 is 3.09. The fraction of sp³-hybridized carbons (Fsp3) is 0.538. The molecule has 0 amide bonds. The molecule has 1 aliphatic rings. The first kappa shape index (κ1) is 13.9. The van der Waals surface area contributed by atoms with Crippen molar-refractivity contribution in [2.24, 2.45) is 0 Å². The molecule has 1 fully saturated rings. The van der Waals surface area contributed by atoms with Crippen molar-refractivity contribution in [2.75, 3.05) is 20.1 Å².